The molecule has 468 valence electrons. The minimum Gasteiger partial charge on any atom is -0.393 e. The third-order valence-corrected chi connectivity index (χ3v) is 28.5. The first-order valence-electron chi connectivity index (χ1n) is 32.8. The summed E-state index contributed by atoms with van der Waals surface area (Å²) >= 11 is 0. The monoisotopic (exact) mass is 1230 g/mol. The predicted octanol–water partition coefficient (Wildman–Crippen LogP) is 2.59. The summed E-state index contributed by atoms with van der Waals surface area (Å²) in [5.74, 6) is -7.42. The van der Waals surface area contributed by atoms with Gasteiger partial charge in [-0.25, -0.2) is 0 Å². The summed E-state index contributed by atoms with van der Waals surface area (Å²) < 4.78 is 38.9. The van der Waals surface area contributed by atoms with Crippen molar-refractivity contribution in [2.24, 2.45) is 201 Å². The van der Waals surface area contributed by atoms with Crippen LogP contribution in [0.1, 0.15) is 96.3 Å². The van der Waals surface area contributed by atoms with E-state index < -0.39 is 59.5 Å². The Labute approximate surface area is 505 Å². The molecule has 24 heteroatoms. The molecule has 26 fully saturated rings. The molecule has 32 unspecified atom stereocenters. The highest BCUT2D eigenvalue weighted by atomic mass is 16.6. The van der Waals surface area contributed by atoms with Crippen LogP contribution < -0.4 is 0 Å². The van der Waals surface area contributed by atoms with Crippen molar-refractivity contribution in [3.63, 3.8) is 0 Å². The van der Waals surface area contributed by atoms with Gasteiger partial charge in [-0.05, 0) is 201 Å². The molecule has 24 nitrogen and oxygen atoms in total. The summed E-state index contributed by atoms with van der Waals surface area (Å²) in [5, 5.41) is 0. The van der Waals surface area contributed by atoms with E-state index in [1.165, 1.54) is 0 Å². The predicted molar refractivity (Wildman–Crippen MR) is 277 cm³/mol. The van der Waals surface area contributed by atoms with Gasteiger partial charge in [-0.15, -0.1) is 0 Å². The quantitative estimate of drug-likeness (QED) is 0.191. The van der Waals surface area contributed by atoms with Gasteiger partial charge in [0.2, 0.25) is 0 Å². The smallest absolute Gasteiger partial charge is 0.317 e. The van der Waals surface area contributed by atoms with Crippen molar-refractivity contribution in [1.82, 2.24) is 0 Å². The number of ether oxygens (including phenoxy) is 8. The molecule has 0 aromatic heterocycles. The maximum Gasteiger partial charge on any atom is 0.317 e. The second-order valence-electron chi connectivity index (χ2n) is 30.5. The summed E-state index contributed by atoms with van der Waals surface area (Å²) in [6, 6.07) is 0. The molecule has 89 heavy (non-hydrogen) atoms. The number of carbonyl (C=O) groups excluding carboxylic acids is 16. The van der Waals surface area contributed by atoms with Gasteiger partial charge in [0.25, 0.3) is 0 Å². The summed E-state index contributed by atoms with van der Waals surface area (Å²) in [7, 11) is 0. The van der Waals surface area contributed by atoms with E-state index in [0.29, 0.717) is 48.3 Å². The Morgan fingerprint density at radius 2 is 0.416 bits per heavy atom. The molecule has 18 saturated carbocycles. The van der Waals surface area contributed by atoms with Crippen LogP contribution in [-0.2, 0) is 115 Å². The van der Waals surface area contributed by atoms with Gasteiger partial charge in [0, 0.05) is 12.8 Å². The molecule has 8 heterocycles. The Bertz CT molecular complexity index is 3330. The van der Waals surface area contributed by atoms with Crippen LogP contribution in [0.15, 0.2) is 0 Å². The summed E-state index contributed by atoms with van der Waals surface area (Å²) in [4.78, 5) is 192. The minimum atomic E-state index is -0.630. The zero-order valence-electron chi connectivity index (χ0n) is 48.0. The van der Waals surface area contributed by atoms with Crippen molar-refractivity contribution in [3.8, 4) is 0 Å². The zero-order valence-corrected chi connectivity index (χ0v) is 48.0. The number of hydrogen-bond donors (Lipinski definition) is 0. The maximum atomic E-state index is 12.5. The average molecular weight is 1230 g/mol. The Kier molecular flexibility index (Phi) is 11.7. The summed E-state index contributed by atoms with van der Waals surface area (Å²) in [6.07, 6.45) is 11.4. The summed E-state index contributed by atoms with van der Waals surface area (Å²) in [6.45, 7) is 0. The molecule has 0 aromatic rings. The van der Waals surface area contributed by atoms with E-state index in [1.54, 1.807) is 0 Å². The van der Waals surface area contributed by atoms with Gasteiger partial charge in [-0.2, -0.15) is 0 Å². The third-order valence-electron chi connectivity index (χ3n) is 28.5. The lowest BCUT2D eigenvalue weighted by Crippen LogP contribution is -2.65. The fraction of sp³-hybridized carbons (Fsp3) is 0.754. The fourth-order valence-corrected chi connectivity index (χ4v) is 26.7. The van der Waals surface area contributed by atoms with Crippen LogP contribution in [0.25, 0.3) is 0 Å². The molecular weight excluding hydrogens is 1160 g/mol. The number of esters is 16. The van der Waals surface area contributed by atoms with Crippen molar-refractivity contribution < 1.29 is 115 Å². The number of hydrogen-bond acceptors (Lipinski definition) is 24. The van der Waals surface area contributed by atoms with Crippen LogP contribution in [0.5, 0.6) is 0 Å². The Balaban J connectivity index is 0.0000000897. The SMILES string of the molecule is O=C1CC2C(CC3C(=O)OC(=O)C32)C(=O)O1.O=C1CC2C3CC(C2C(=O)O1)C1C2CCC(C4C(=O)OC(=O)C24)C31.O=C1CC2C3CCC(C2C(=O)O1)C1C2CCC(C4C(=O)OC(=O)C24)C31.O=C1OC(=O)C2C3CCC(C12)C1C2CCC(C4C(=O)OC(=O)C24)C31. The van der Waals surface area contributed by atoms with Gasteiger partial charge in [0.1, 0.15) is 0 Å². The van der Waals surface area contributed by atoms with Crippen molar-refractivity contribution in [3.05, 3.63) is 0 Å². The van der Waals surface area contributed by atoms with E-state index in [2.05, 4.69) is 9.47 Å². The highest BCUT2D eigenvalue weighted by Crippen LogP contribution is 2.74. The molecule has 0 spiro atoms. The van der Waals surface area contributed by atoms with Crippen LogP contribution in [0.4, 0.5) is 0 Å². The number of rotatable bonds is 0. The number of carbonyl (C=O) groups is 16. The Hall–Kier alpha value is -6.88. The van der Waals surface area contributed by atoms with Crippen LogP contribution >= 0.6 is 0 Å². The Morgan fingerprint density at radius 1 is 0.180 bits per heavy atom. The first kappa shape index (κ1) is 55.0. The van der Waals surface area contributed by atoms with Crippen molar-refractivity contribution in [2.45, 2.75) is 96.3 Å². The van der Waals surface area contributed by atoms with Crippen molar-refractivity contribution >= 4 is 95.5 Å². The third kappa shape index (κ3) is 7.17. The topological polar surface area (TPSA) is 347 Å². The van der Waals surface area contributed by atoms with Gasteiger partial charge in [-0.1, -0.05) is 0 Å². The fourth-order valence-electron chi connectivity index (χ4n) is 26.7. The molecule has 26 aliphatic rings. The van der Waals surface area contributed by atoms with Crippen molar-refractivity contribution in [2.75, 3.05) is 0 Å². The highest BCUT2D eigenvalue weighted by Gasteiger charge is 2.76. The van der Waals surface area contributed by atoms with Crippen LogP contribution in [-0.4, -0.2) is 95.5 Å². The molecule has 12 bridgehead atoms. The van der Waals surface area contributed by atoms with E-state index in [-0.39, 0.29) is 215 Å². The standard InChI is InChI=1S/C19H20O6.2C18H18O6.C10H8O6/c20-11-5-10-6-1-2-7(14(10)17(21)24-11)13-9-4-3-8(12(6)13)15-16(9)19(23)25-18(15)22;19-10-4-8-7-3-9(13(8)16(20)23-10)12-6-2-1-5(11(7)12)14-15(6)18(22)24-17(14)21;19-15-11-5-1-2-6(12(11)16(20)23-15)10-8-4-3-7(9(5)10)13-14(8)18(22)24-17(13)21;11-6-2-3-4(8(12)15-6)1-5-7(3)10(14)16-9(5)13/h6-10,12-16H,1-5H2;5-9,11-15H,1-4H2;5-14H,1-4H2;3-5,7H,1-2H2. The molecule has 8 aliphatic heterocycles. The molecule has 26 rings (SSSR count). The van der Waals surface area contributed by atoms with E-state index in [1.807, 2.05) is 0 Å². The van der Waals surface area contributed by atoms with Crippen LogP contribution in [0.3, 0.4) is 0 Å². The minimum absolute atomic E-state index is 0.0138. The molecule has 0 aromatic carbocycles. The molecule has 0 N–H and O–H groups in total. The largest absolute Gasteiger partial charge is 0.393 e. The van der Waals surface area contributed by atoms with E-state index in [9.17, 15) is 76.7 Å². The molecular formula is C65H64O24. The van der Waals surface area contributed by atoms with Gasteiger partial charge in [0.15, 0.2) is 0 Å². The molecule has 0 radical (unpaired) electrons. The second kappa shape index (κ2) is 18.9. The first-order chi connectivity index (χ1) is 42.8. The summed E-state index contributed by atoms with van der Waals surface area (Å²) in [5.41, 5.74) is 0. The van der Waals surface area contributed by atoms with E-state index in [4.69, 9.17) is 28.4 Å². The van der Waals surface area contributed by atoms with Crippen LogP contribution in [0.2, 0.25) is 0 Å². The highest BCUT2D eigenvalue weighted by molar-refractivity contribution is 6.02. The Morgan fingerprint density at radius 3 is 0.798 bits per heavy atom. The van der Waals surface area contributed by atoms with Crippen LogP contribution in [0, 0.1) is 201 Å². The number of fused-ring (bicyclic) bond motifs is 13. The molecule has 18 aliphatic carbocycles. The van der Waals surface area contributed by atoms with Gasteiger partial charge < -0.3 is 37.9 Å². The second-order valence-corrected chi connectivity index (χ2v) is 30.5. The maximum absolute atomic E-state index is 12.5. The number of cyclic esters (lactones) is 16. The average Bonchev–Trinajstić information content (AvgIpc) is 1.69. The van der Waals surface area contributed by atoms with Gasteiger partial charge in [0.05, 0.1) is 83.4 Å². The van der Waals surface area contributed by atoms with Crippen molar-refractivity contribution in [1.29, 1.82) is 0 Å². The lowest BCUT2D eigenvalue weighted by molar-refractivity contribution is -0.216. The molecule has 32 atom stereocenters. The normalized spacial score (nSPS) is 53.6. The van der Waals surface area contributed by atoms with E-state index in [0.717, 1.165) is 70.6 Å². The first-order valence-corrected chi connectivity index (χ1v) is 32.8. The lowest BCUT2D eigenvalue weighted by Gasteiger charge is -2.66. The van der Waals surface area contributed by atoms with E-state index >= 15 is 0 Å². The lowest BCUT2D eigenvalue weighted by atomic mass is 9.37. The molecule has 8 saturated heterocycles. The van der Waals surface area contributed by atoms with Gasteiger partial charge in [-0.3, -0.25) is 76.7 Å². The zero-order chi connectivity index (χ0) is 61.1. The molecule has 0 amide bonds. The van der Waals surface area contributed by atoms with Gasteiger partial charge >= 0.3 is 95.5 Å².